The summed E-state index contributed by atoms with van der Waals surface area (Å²) in [4.78, 5) is 4.75. The molecule has 11 aromatic rings. The van der Waals surface area contributed by atoms with Crippen LogP contribution in [0.15, 0.2) is 285 Å². The van der Waals surface area contributed by atoms with Crippen molar-refractivity contribution < 1.29 is 0 Å². The number of hydrogen-bond donors (Lipinski definition) is 0. The minimum absolute atomic E-state index is 1.09. The number of anilines is 6. The highest BCUT2D eigenvalue weighted by Gasteiger charge is 2.20. The minimum Gasteiger partial charge on any atom is -0.310 e. The second-order valence-corrected chi connectivity index (χ2v) is 17.4. The quantitative estimate of drug-likeness (QED) is 0.121. The first-order valence-corrected chi connectivity index (χ1v) is 23.7. The molecule has 0 fully saturated rings. The fraction of sp³-hybridized carbons (Fsp3) is 0.0149. The maximum absolute atomic E-state index is 2.38. The van der Waals surface area contributed by atoms with E-state index in [0.29, 0.717) is 0 Å². The van der Waals surface area contributed by atoms with Crippen LogP contribution in [0.2, 0.25) is 0 Å². The van der Waals surface area contributed by atoms with E-state index in [1.807, 2.05) is 0 Å². The van der Waals surface area contributed by atoms with Crippen LogP contribution in [-0.2, 0) is 0 Å². The fourth-order valence-corrected chi connectivity index (χ4v) is 9.44. The van der Waals surface area contributed by atoms with Gasteiger partial charge in [0.1, 0.15) is 0 Å². The third-order valence-corrected chi connectivity index (χ3v) is 12.9. The van der Waals surface area contributed by atoms with Gasteiger partial charge in [0.25, 0.3) is 0 Å². The average molecular weight is 883 g/mol. The smallest absolute Gasteiger partial charge is 0.0540 e. The van der Waals surface area contributed by atoms with Gasteiger partial charge in [-0.15, -0.1) is 0 Å². The molecule has 0 atom stereocenters. The number of hydrogen-bond acceptors (Lipinski definition) is 2. The largest absolute Gasteiger partial charge is 0.310 e. The molecule has 0 aliphatic heterocycles. The third kappa shape index (κ3) is 9.12. The van der Waals surface area contributed by atoms with Crippen LogP contribution in [0.1, 0.15) is 5.56 Å². The van der Waals surface area contributed by atoms with Crippen molar-refractivity contribution in [2.24, 2.45) is 0 Å². The van der Waals surface area contributed by atoms with Crippen LogP contribution in [0.3, 0.4) is 0 Å². The van der Waals surface area contributed by atoms with Crippen molar-refractivity contribution in [2.75, 3.05) is 9.80 Å². The number of para-hydroxylation sites is 2. The topological polar surface area (TPSA) is 6.48 Å². The minimum atomic E-state index is 1.09. The van der Waals surface area contributed by atoms with E-state index in [4.69, 9.17) is 0 Å². The molecule has 0 amide bonds. The summed E-state index contributed by atoms with van der Waals surface area (Å²) in [7, 11) is 0. The summed E-state index contributed by atoms with van der Waals surface area (Å²) in [5, 5.41) is 0. The van der Waals surface area contributed by atoms with Crippen LogP contribution in [0, 0.1) is 6.92 Å². The standard InChI is InChI=1S/C67H50N2/c1-49-18-17-25-59(46-49)65-48-58(51-21-9-3-10-22-51)39-45-67(65)69(61-28-15-6-16-29-61)63-42-36-55(37-43-63)53-32-30-52(31-33-53)54-34-40-62(41-35-54)68(60-26-13-5-14-27-60)66-44-38-57(50-19-7-2-8-20-50)47-64(66)56-23-11-4-12-24-56/h2-48H,1H3. The van der Waals surface area contributed by atoms with Gasteiger partial charge >= 0.3 is 0 Å². The lowest BCUT2D eigenvalue weighted by Gasteiger charge is -2.28. The molecule has 0 spiro atoms. The molecule has 2 nitrogen and oxygen atoms in total. The Hall–Kier alpha value is -8.98. The predicted octanol–water partition coefficient (Wildman–Crippen LogP) is 18.9. The first kappa shape index (κ1) is 42.6. The molecule has 69 heavy (non-hydrogen) atoms. The van der Waals surface area contributed by atoms with Gasteiger partial charge < -0.3 is 9.80 Å². The van der Waals surface area contributed by atoms with Crippen molar-refractivity contribution in [2.45, 2.75) is 6.92 Å². The van der Waals surface area contributed by atoms with Crippen LogP contribution >= 0.6 is 0 Å². The normalized spacial score (nSPS) is 11.0. The summed E-state index contributed by atoms with van der Waals surface area (Å²) in [6.07, 6.45) is 0. The summed E-state index contributed by atoms with van der Waals surface area (Å²) >= 11 is 0. The van der Waals surface area contributed by atoms with Gasteiger partial charge in [0.05, 0.1) is 11.4 Å². The Morgan fingerprint density at radius 2 is 0.493 bits per heavy atom. The Labute approximate surface area is 406 Å². The van der Waals surface area contributed by atoms with Crippen LogP contribution in [-0.4, -0.2) is 0 Å². The van der Waals surface area contributed by atoms with Crippen LogP contribution in [0.4, 0.5) is 34.1 Å². The maximum Gasteiger partial charge on any atom is 0.0540 e. The lowest BCUT2D eigenvalue weighted by atomic mass is 9.95. The first-order valence-electron chi connectivity index (χ1n) is 23.7. The van der Waals surface area contributed by atoms with E-state index >= 15 is 0 Å². The highest BCUT2D eigenvalue weighted by Crippen LogP contribution is 2.45. The molecular formula is C67H50N2. The average Bonchev–Trinajstić information content (AvgIpc) is 3.43. The Morgan fingerprint density at radius 3 is 0.884 bits per heavy atom. The van der Waals surface area contributed by atoms with E-state index in [2.05, 4.69) is 302 Å². The van der Waals surface area contributed by atoms with Crippen molar-refractivity contribution in [3.8, 4) is 66.8 Å². The van der Waals surface area contributed by atoms with Gasteiger partial charge in [-0.1, -0.05) is 218 Å². The predicted molar refractivity (Wildman–Crippen MR) is 293 cm³/mol. The molecule has 0 aliphatic carbocycles. The van der Waals surface area contributed by atoms with Crippen molar-refractivity contribution in [3.63, 3.8) is 0 Å². The van der Waals surface area contributed by atoms with Crippen LogP contribution < -0.4 is 9.80 Å². The lowest BCUT2D eigenvalue weighted by Crippen LogP contribution is -2.11. The van der Waals surface area contributed by atoms with Crippen LogP contribution in [0.25, 0.3) is 66.8 Å². The highest BCUT2D eigenvalue weighted by molar-refractivity contribution is 5.93. The molecule has 0 aromatic heterocycles. The second kappa shape index (κ2) is 19.5. The lowest BCUT2D eigenvalue weighted by molar-refractivity contribution is 1.28. The molecule has 0 unspecified atom stereocenters. The summed E-state index contributed by atoms with van der Waals surface area (Å²) in [5.41, 5.74) is 22.0. The molecule has 0 radical (unpaired) electrons. The maximum atomic E-state index is 2.38. The van der Waals surface area contributed by atoms with Crippen molar-refractivity contribution in [1.29, 1.82) is 0 Å². The van der Waals surface area contributed by atoms with Gasteiger partial charge in [0.2, 0.25) is 0 Å². The molecular weight excluding hydrogens is 833 g/mol. The summed E-state index contributed by atoms with van der Waals surface area (Å²) in [5.74, 6) is 0. The van der Waals surface area contributed by atoms with E-state index in [0.717, 1.165) is 45.3 Å². The molecule has 0 saturated heterocycles. The van der Waals surface area contributed by atoms with Crippen molar-refractivity contribution in [3.05, 3.63) is 291 Å². The Bertz CT molecular complexity index is 3440. The molecule has 0 bridgehead atoms. The molecule has 11 rings (SSSR count). The molecule has 11 aromatic carbocycles. The van der Waals surface area contributed by atoms with Gasteiger partial charge in [-0.3, -0.25) is 0 Å². The number of rotatable bonds is 12. The number of aryl methyl sites for hydroxylation is 1. The second-order valence-electron chi connectivity index (χ2n) is 17.4. The molecule has 2 heteroatoms. The van der Waals surface area contributed by atoms with Gasteiger partial charge in [-0.25, -0.2) is 0 Å². The third-order valence-electron chi connectivity index (χ3n) is 12.9. The van der Waals surface area contributed by atoms with Gasteiger partial charge in [0.15, 0.2) is 0 Å². The first-order chi connectivity index (χ1) is 34.1. The highest BCUT2D eigenvalue weighted by atomic mass is 15.1. The van der Waals surface area contributed by atoms with E-state index in [-0.39, 0.29) is 0 Å². The summed E-state index contributed by atoms with van der Waals surface area (Å²) in [6, 6.07) is 103. The van der Waals surface area contributed by atoms with Gasteiger partial charge in [0, 0.05) is 33.9 Å². The van der Waals surface area contributed by atoms with E-state index in [1.165, 1.54) is 61.2 Å². The number of nitrogens with zero attached hydrogens (tertiary/aromatic N) is 2. The summed E-state index contributed by atoms with van der Waals surface area (Å²) < 4.78 is 0. The van der Waals surface area contributed by atoms with E-state index in [9.17, 15) is 0 Å². The zero-order valence-electron chi connectivity index (χ0n) is 38.5. The van der Waals surface area contributed by atoms with Crippen molar-refractivity contribution >= 4 is 34.1 Å². The molecule has 0 saturated carbocycles. The Kier molecular flexibility index (Phi) is 12.0. The molecule has 328 valence electrons. The molecule has 0 heterocycles. The SMILES string of the molecule is Cc1cccc(-c2cc(-c3ccccc3)ccc2N(c2ccccc2)c2ccc(-c3ccc(-c4ccc(N(c5ccccc5)c5ccc(-c6ccccc6)cc5-c5ccccc5)cc4)cc3)cc2)c1. The van der Waals surface area contributed by atoms with E-state index < -0.39 is 0 Å². The molecule has 0 aliphatic rings. The Morgan fingerprint density at radius 1 is 0.203 bits per heavy atom. The zero-order valence-corrected chi connectivity index (χ0v) is 38.5. The van der Waals surface area contributed by atoms with Crippen molar-refractivity contribution in [1.82, 2.24) is 0 Å². The van der Waals surface area contributed by atoms with Gasteiger partial charge in [-0.2, -0.15) is 0 Å². The van der Waals surface area contributed by atoms with Crippen LogP contribution in [0.5, 0.6) is 0 Å². The van der Waals surface area contributed by atoms with E-state index in [1.54, 1.807) is 0 Å². The summed E-state index contributed by atoms with van der Waals surface area (Å²) in [6.45, 7) is 2.16. The zero-order chi connectivity index (χ0) is 46.4. The fourth-order valence-electron chi connectivity index (χ4n) is 9.44. The Balaban J connectivity index is 0.899. The molecule has 0 N–H and O–H groups in total. The number of benzene rings is 11. The monoisotopic (exact) mass is 882 g/mol. The van der Waals surface area contributed by atoms with Gasteiger partial charge in [-0.05, 0) is 135 Å².